The first-order valence-corrected chi connectivity index (χ1v) is 10.5. The smallest absolute Gasteiger partial charge is 0.224 e. The molecule has 2 aliphatic heterocycles. The Morgan fingerprint density at radius 3 is 2.48 bits per heavy atom. The van der Waals surface area contributed by atoms with Crippen LogP contribution >= 0.6 is 0 Å². The zero-order valence-corrected chi connectivity index (χ0v) is 17.0. The minimum atomic E-state index is 0.116. The maximum absolute atomic E-state index is 12.1. The summed E-state index contributed by atoms with van der Waals surface area (Å²) in [7, 11) is 0. The number of carbonyl (C=O) groups is 1. The Balaban J connectivity index is 0.00000126. The molecular formula is C23H35N3O. The molecular weight excluding hydrogens is 334 g/mol. The summed E-state index contributed by atoms with van der Waals surface area (Å²) in [5.74, 6) is 0.116. The average molecular weight is 370 g/mol. The van der Waals surface area contributed by atoms with Gasteiger partial charge in [0.1, 0.15) is 0 Å². The third-order valence-electron chi connectivity index (χ3n) is 4.87. The summed E-state index contributed by atoms with van der Waals surface area (Å²) in [6.45, 7) is 8.49. The standard InChI is InChI=1S/C21H29N3O.C2H6/c25-21(8-2-5-16-24-14-3-1-4-15-24)23-20-11-9-18(10-12-20)19-7-6-13-22-17-19;1-2/h6-7,9-12,17,22H,1-5,8,13-16H2,(H,23,25);1-2H3. The van der Waals surface area contributed by atoms with E-state index in [1.54, 1.807) is 0 Å². The first-order chi connectivity index (χ1) is 13.3. The molecule has 27 heavy (non-hydrogen) atoms. The molecule has 0 bridgehead atoms. The van der Waals surface area contributed by atoms with E-state index in [0.717, 1.165) is 37.2 Å². The molecule has 0 unspecified atom stereocenters. The van der Waals surface area contributed by atoms with Crippen molar-refractivity contribution in [1.82, 2.24) is 10.2 Å². The number of likely N-dealkylation sites (tertiary alicyclic amines) is 1. The molecule has 4 nitrogen and oxygen atoms in total. The van der Waals surface area contributed by atoms with Crippen LogP contribution in [0, 0.1) is 0 Å². The molecule has 1 aromatic rings. The monoisotopic (exact) mass is 369 g/mol. The molecule has 0 spiro atoms. The molecule has 0 aliphatic carbocycles. The predicted octanol–water partition coefficient (Wildman–Crippen LogP) is 4.81. The Morgan fingerprint density at radius 2 is 1.81 bits per heavy atom. The molecule has 0 saturated carbocycles. The zero-order chi connectivity index (χ0) is 19.3. The lowest BCUT2D eigenvalue weighted by Gasteiger charge is -2.26. The minimum Gasteiger partial charge on any atom is -0.387 e. The number of benzene rings is 1. The fourth-order valence-corrected chi connectivity index (χ4v) is 3.42. The third kappa shape index (κ3) is 7.59. The number of allylic oxidation sites excluding steroid dienone is 2. The number of amides is 1. The van der Waals surface area contributed by atoms with Gasteiger partial charge < -0.3 is 15.5 Å². The fraction of sp³-hybridized carbons (Fsp3) is 0.522. The van der Waals surface area contributed by atoms with E-state index in [1.807, 2.05) is 32.2 Å². The van der Waals surface area contributed by atoms with E-state index in [0.29, 0.717) is 6.42 Å². The second kappa shape index (κ2) is 12.3. The maximum atomic E-state index is 12.1. The van der Waals surface area contributed by atoms with E-state index in [2.05, 4.69) is 39.8 Å². The summed E-state index contributed by atoms with van der Waals surface area (Å²) in [6, 6.07) is 8.05. The molecule has 2 N–H and O–H groups in total. The highest BCUT2D eigenvalue weighted by Crippen LogP contribution is 2.19. The van der Waals surface area contributed by atoms with Gasteiger partial charge >= 0.3 is 0 Å². The van der Waals surface area contributed by atoms with E-state index in [4.69, 9.17) is 0 Å². The summed E-state index contributed by atoms with van der Waals surface area (Å²) in [5.41, 5.74) is 3.20. The van der Waals surface area contributed by atoms with Gasteiger partial charge in [0.2, 0.25) is 5.91 Å². The van der Waals surface area contributed by atoms with Crippen molar-refractivity contribution in [2.45, 2.75) is 52.4 Å². The molecule has 2 heterocycles. The lowest BCUT2D eigenvalue weighted by atomic mass is 10.0. The number of anilines is 1. The highest BCUT2D eigenvalue weighted by molar-refractivity contribution is 5.91. The van der Waals surface area contributed by atoms with Gasteiger partial charge in [-0.1, -0.05) is 44.6 Å². The van der Waals surface area contributed by atoms with Crippen molar-refractivity contribution < 1.29 is 4.79 Å². The summed E-state index contributed by atoms with van der Waals surface area (Å²) in [6.07, 6.45) is 13.0. The van der Waals surface area contributed by atoms with Crippen LogP contribution < -0.4 is 10.6 Å². The molecule has 148 valence electrons. The number of piperidine rings is 1. The van der Waals surface area contributed by atoms with Gasteiger partial charge in [-0.25, -0.2) is 0 Å². The summed E-state index contributed by atoms with van der Waals surface area (Å²) in [5, 5.41) is 6.22. The van der Waals surface area contributed by atoms with Crippen molar-refractivity contribution in [1.29, 1.82) is 0 Å². The lowest BCUT2D eigenvalue weighted by Crippen LogP contribution is -2.30. The molecule has 4 heteroatoms. The predicted molar refractivity (Wildman–Crippen MR) is 116 cm³/mol. The molecule has 0 atom stereocenters. The Bertz CT molecular complexity index is 613. The van der Waals surface area contributed by atoms with Crippen molar-refractivity contribution in [3.8, 4) is 0 Å². The Hall–Kier alpha value is -2.07. The highest BCUT2D eigenvalue weighted by atomic mass is 16.1. The lowest BCUT2D eigenvalue weighted by molar-refractivity contribution is -0.116. The van der Waals surface area contributed by atoms with E-state index >= 15 is 0 Å². The number of hydrogen-bond acceptors (Lipinski definition) is 3. The molecule has 1 fully saturated rings. The fourth-order valence-electron chi connectivity index (χ4n) is 3.42. The van der Waals surface area contributed by atoms with Gasteiger partial charge in [0, 0.05) is 24.9 Å². The third-order valence-corrected chi connectivity index (χ3v) is 4.87. The van der Waals surface area contributed by atoms with Crippen LogP contribution in [0.15, 0.2) is 42.6 Å². The number of unbranched alkanes of at least 4 members (excludes halogenated alkanes) is 1. The zero-order valence-electron chi connectivity index (χ0n) is 17.0. The van der Waals surface area contributed by atoms with Crippen LogP contribution in [0.1, 0.15) is 57.9 Å². The Morgan fingerprint density at radius 1 is 1.07 bits per heavy atom. The van der Waals surface area contributed by atoms with Gasteiger partial charge in [-0.05, 0) is 68.6 Å². The van der Waals surface area contributed by atoms with Crippen molar-refractivity contribution in [2.75, 3.05) is 31.5 Å². The molecule has 2 aliphatic rings. The van der Waals surface area contributed by atoms with Crippen LogP contribution in [-0.2, 0) is 4.79 Å². The second-order valence-corrected chi connectivity index (χ2v) is 6.90. The number of carbonyl (C=O) groups excluding carboxylic acids is 1. The Labute approximate surface area is 164 Å². The normalized spacial score (nSPS) is 16.6. The summed E-state index contributed by atoms with van der Waals surface area (Å²) < 4.78 is 0. The van der Waals surface area contributed by atoms with Crippen LogP contribution in [-0.4, -0.2) is 37.0 Å². The minimum absolute atomic E-state index is 0.116. The molecule has 0 radical (unpaired) electrons. The molecule has 1 saturated heterocycles. The average Bonchev–Trinajstić information content (AvgIpc) is 2.75. The van der Waals surface area contributed by atoms with Gasteiger partial charge in [-0.2, -0.15) is 0 Å². The van der Waals surface area contributed by atoms with Gasteiger partial charge in [0.25, 0.3) is 0 Å². The van der Waals surface area contributed by atoms with Gasteiger partial charge in [0.15, 0.2) is 0 Å². The summed E-state index contributed by atoms with van der Waals surface area (Å²) >= 11 is 0. The van der Waals surface area contributed by atoms with Crippen molar-refractivity contribution in [2.24, 2.45) is 0 Å². The first-order valence-electron chi connectivity index (χ1n) is 10.5. The van der Waals surface area contributed by atoms with Crippen LogP contribution in [0.25, 0.3) is 5.57 Å². The topological polar surface area (TPSA) is 44.4 Å². The van der Waals surface area contributed by atoms with Gasteiger partial charge in [-0.3, -0.25) is 4.79 Å². The first kappa shape index (κ1) is 21.2. The van der Waals surface area contributed by atoms with Crippen LogP contribution in [0.3, 0.4) is 0 Å². The molecule has 1 amide bonds. The number of dihydropyridines is 1. The van der Waals surface area contributed by atoms with E-state index in [-0.39, 0.29) is 5.91 Å². The number of nitrogens with one attached hydrogen (secondary N) is 2. The number of nitrogens with zero attached hydrogens (tertiary/aromatic N) is 1. The SMILES string of the molecule is CC.O=C(CCCCN1CCCCC1)Nc1ccc(C2=CNCC=C2)cc1. The van der Waals surface area contributed by atoms with Crippen molar-refractivity contribution in [3.63, 3.8) is 0 Å². The van der Waals surface area contributed by atoms with E-state index in [1.165, 1.54) is 37.9 Å². The number of rotatable bonds is 7. The van der Waals surface area contributed by atoms with Crippen LogP contribution in [0.2, 0.25) is 0 Å². The number of hydrogen-bond donors (Lipinski definition) is 2. The van der Waals surface area contributed by atoms with Crippen LogP contribution in [0.5, 0.6) is 0 Å². The van der Waals surface area contributed by atoms with Crippen molar-refractivity contribution in [3.05, 3.63) is 48.2 Å². The molecule has 0 aromatic heterocycles. The summed E-state index contributed by atoms with van der Waals surface area (Å²) in [4.78, 5) is 14.6. The van der Waals surface area contributed by atoms with E-state index < -0.39 is 0 Å². The quantitative estimate of drug-likeness (QED) is 0.678. The molecule has 3 rings (SSSR count). The van der Waals surface area contributed by atoms with Gasteiger partial charge in [-0.15, -0.1) is 0 Å². The maximum Gasteiger partial charge on any atom is 0.224 e. The van der Waals surface area contributed by atoms with Crippen molar-refractivity contribution >= 4 is 17.2 Å². The second-order valence-electron chi connectivity index (χ2n) is 6.90. The van der Waals surface area contributed by atoms with E-state index in [9.17, 15) is 4.79 Å². The van der Waals surface area contributed by atoms with Crippen LogP contribution in [0.4, 0.5) is 5.69 Å². The highest BCUT2D eigenvalue weighted by Gasteiger charge is 2.10. The van der Waals surface area contributed by atoms with Gasteiger partial charge in [0.05, 0.1) is 0 Å². The molecule has 1 aromatic carbocycles. The Kier molecular flexibility index (Phi) is 9.70. The largest absolute Gasteiger partial charge is 0.387 e.